The monoisotopic (exact) mass is 640 g/mol. The Morgan fingerprint density at radius 3 is 2.31 bits per heavy atom. The first kappa shape index (κ1) is 27.5. The van der Waals surface area contributed by atoms with E-state index >= 15 is 4.39 Å². The maximum absolute atomic E-state index is 17.0. The van der Waals surface area contributed by atoms with Gasteiger partial charge in [-0.25, -0.2) is 14.4 Å². The standard InChI is InChI=1S/C42H29FN4S/c1-42(2)31-17-15-26(39(43)25-14-16-27-28-9-3-5-11-33(28)46-22-21-45-41(46)30(27)23-25)24-34(31)47(37-13-7-8-20-44-37)40-32(42)18-19-36-38(40)29-10-4-6-12-35(29)48-36/h3-24,39H,1-2H3. The van der Waals surface area contributed by atoms with Crippen LogP contribution < -0.4 is 4.90 Å². The van der Waals surface area contributed by atoms with Crippen molar-refractivity contribution in [1.29, 1.82) is 0 Å². The molecule has 1 unspecified atom stereocenters. The van der Waals surface area contributed by atoms with E-state index in [4.69, 9.17) is 4.98 Å². The molecule has 0 saturated carbocycles. The minimum Gasteiger partial charge on any atom is -0.299 e. The lowest BCUT2D eigenvalue weighted by molar-refractivity contribution is 0.402. The number of halogens is 1. The van der Waals surface area contributed by atoms with E-state index in [0.29, 0.717) is 11.1 Å². The molecule has 5 aromatic carbocycles. The van der Waals surface area contributed by atoms with Crippen LogP contribution in [0.5, 0.6) is 0 Å². The zero-order valence-electron chi connectivity index (χ0n) is 26.4. The SMILES string of the molecule is CC1(C)c2ccc(C(F)c3ccc4c5ccccc5n5ccnc5c4c3)cc2N(c2ccccn2)c2c1ccc1sc3ccccc3c21. The lowest BCUT2D eigenvalue weighted by atomic mass is 9.72. The van der Waals surface area contributed by atoms with E-state index in [0.717, 1.165) is 50.1 Å². The number of thiophene rings is 1. The Bertz CT molecular complexity index is 2740. The van der Waals surface area contributed by atoms with Gasteiger partial charge >= 0.3 is 0 Å². The molecule has 0 saturated heterocycles. The van der Waals surface area contributed by atoms with Gasteiger partial charge in [-0.3, -0.25) is 9.30 Å². The van der Waals surface area contributed by atoms with Gasteiger partial charge in [0.2, 0.25) is 0 Å². The van der Waals surface area contributed by atoms with Gasteiger partial charge in [0.25, 0.3) is 0 Å². The smallest absolute Gasteiger partial charge is 0.150 e. The summed E-state index contributed by atoms with van der Waals surface area (Å²) in [6.07, 6.45) is 4.27. The molecular weight excluding hydrogens is 612 g/mol. The lowest BCUT2D eigenvalue weighted by Crippen LogP contribution is -2.31. The number of alkyl halides is 1. The van der Waals surface area contributed by atoms with Gasteiger partial charge in [-0.2, -0.15) is 0 Å². The van der Waals surface area contributed by atoms with E-state index in [1.165, 1.54) is 25.7 Å². The second kappa shape index (κ2) is 9.96. The first-order valence-electron chi connectivity index (χ1n) is 16.2. The van der Waals surface area contributed by atoms with Crippen molar-refractivity contribution in [1.82, 2.24) is 14.4 Å². The van der Waals surface area contributed by atoms with E-state index < -0.39 is 6.17 Å². The van der Waals surface area contributed by atoms with Gasteiger partial charge in [0.15, 0.2) is 6.17 Å². The van der Waals surface area contributed by atoms with E-state index in [-0.39, 0.29) is 5.41 Å². The summed E-state index contributed by atoms with van der Waals surface area (Å²) in [6.45, 7) is 4.55. The number of aromatic nitrogens is 3. The average Bonchev–Trinajstić information content (AvgIpc) is 3.78. The van der Waals surface area contributed by atoms with Crippen LogP contribution in [0.3, 0.4) is 0 Å². The molecule has 1 aliphatic rings. The Morgan fingerprint density at radius 1 is 0.667 bits per heavy atom. The summed E-state index contributed by atoms with van der Waals surface area (Å²) < 4.78 is 21.5. The van der Waals surface area contributed by atoms with Gasteiger partial charge < -0.3 is 0 Å². The number of nitrogens with zero attached hydrogens (tertiary/aromatic N) is 4. The van der Waals surface area contributed by atoms with E-state index in [2.05, 4.69) is 82.7 Å². The van der Waals surface area contributed by atoms with Crippen molar-refractivity contribution in [2.45, 2.75) is 25.4 Å². The number of imidazole rings is 1. The maximum atomic E-state index is 17.0. The fourth-order valence-corrected chi connectivity index (χ4v) is 8.99. The van der Waals surface area contributed by atoms with Gasteiger partial charge in [-0.1, -0.05) is 86.6 Å². The lowest BCUT2D eigenvalue weighted by Gasteiger charge is -2.42. The zero-order valence-corrected chi connectivity index (χ0v) is 27.2. The van der Waals surface area contributed by atoms with Crippen LogP contribution in [-0.2, 0) is 5.41 Å². The number of fused-ring (bicyclic) bond motifs is 12. The predicted molar refractivity (Wildman–Crippen MR) is 197 cm³/mol. The molecule has 0 aliphatic carbocycles. The van der Waals surface area contributed by atoms with Crippen LogP contribution in [0.2, 0.25) is 0 Å². The molecule has 0 radical (unpaired) electrons. The molecule has 5 heterocycles. The fourth-order valence-electron chi connectivity index (χ4n) is 7.88. The summed E-state index contributed by atoms with van der Waals surface area (Å²) in [5.74, 6) is 0.810. The van der Waals surface area contributed by atoms with Crippen LogP contribution >= 0.6 is 11.3 Å². The Kier molecular flexibility index (Phi) is 5.71. The van der Waals surface area contributed by atoms with Crippen LogP contribution in [0.15, 0.2) is 134 Å². The van der Waals surface area contributed by atoms with Crippen molar-refractivity contribution in [3.63, 3.8) is 0 Å². The molecule has 4 nitrogen and oxygen atoms in total. The third-order valence-corrected chi connectivity index (χ3v) is 11.3. The number of benzene rings is 5. The molecule has 230 valence electrons. The van der Waals surface area contributed by atoms with Crippen LogP contribution in [0.1, 0.15) is 42.3 Å². The van der Waals surface area contributed by atoms with Gasteiger partial charge in [0.1, 0.15) is 11.5 Å². The Balaban J connectivity index is 1.19. The molecule has 48 heavy (non-hydrogen) atoms. The average molecular weight is 641 g/mol. The number of hydrogen-bond donors (Lipinski definition) is 0. The second-order valence-electron chi connectivity index (χ2n) is 13.2. The molecule has 6 heteroatoms. The summed E-state index contributed by atoms with van der Waals surface area (Å²) in [4.78, 5) is 11.8. The van der Waals surface area contributed by atoms with Crippen molar-refractivity contribution in [2.75, 3.05) is 4.90 Å². The van der Waals surface area contributed by atoms with E-state index in [1.54, 1.807) is 0 Å². The topological polar surface area (TPSA) is 33.4 Å². The predicted octanol–water partition coefficient (Wildman–Crippen LogP) is 11.6. The highest BCUT2D eigenvalue weighted by Crippen LogP contribution is 2.56. The second-order valence-corrected chi connectivity index (χ2v) is 14.2. The van der Waals surface area contributed by atoms with Crippen molar-refractivity contribution < 1.29 is 4.39 Å². The molecule has 1 aliphatic heterocycles. The maximum Gasteiger partial charge on any atom is 0.150 e. The summed E-state index contributed by atoms with van der Waals surface area (Å²) in [5, 5.41) is 5.56. The molecule has 0 spiro atoms. The largest absolute Gasteiger partial charge is 0.299 e. The fraction of sp³-hybridized carbons (Fsp3) is 0.0952. The molecular formula is C42H29FN4S. The van der Waals surface area contributed by atoms with Gasteiger partial charge in [-0.05, 0) is 70.1 Å². The molecule has 0 amide bonds. The zero-order chi connectivity index (χ0) is 32.1. The number of para-hydroxylation sites is 1. The first-order chi connectivity index (χ1) is 23.5. The Hall–Kier alpha value is -5.59. The number of rotatable bonds is 3. The minimum absolute atomic E-state index is 0.326. The summed E-state index contributed by atoms with van der Waals surface area (Å²) >= 11 is 1.81. The van der Waals surface area contributed by atoms with Crippen LogP contribution in [-0.4, -0.2) is 14.4 Å². The third-order valence-electron chi connectivity index (χ3n) is 10.2. The van der Waals surface area contributed by atoms with Crippen LogP contribution in [0.4, 0.5) is 21.6 Å². The third kappa shape index (κ3) is 3.75. The van der Waals surface area contributed by atoms with Crippen LogP contribution in [0.25, 0.3) is 47.5 Å². The van der Waals surface area contributed by atoms with Crippen LogP contribution in [0, 0.1) is 0 Å². The summed E-state index contributed by atoms with van der Waals surface area (Å²) in [6, 6.07) is 39.5. The summed E-state index contributed by atoms with van der Waals surface area (Å²) in [7, 11) is 0. The summed E-state index contributed by atoms with van der Waals surface area (Å²) in [5.41, 5.74) is 7.24. The van der Waals surface area contributed by atoms with E-state index in [9.17, 15) is 0 Å². The Labute approximate surface area is 280 Å². The van der Waals surface area contributed by atoms with Gasteiger partial charge in [0, 0.05) is 55.0 Å². The molecule has 10 rings (SSSR count). The highest BCUT2D eigenvalue weighted by Gasteiger charge is 2.39. The van der Waals surface area contributed by atoms with E-state index in [1.807, 2.05) is 90.6 Å². The molecule has 1 atom stereocenters. The van der Waals surface area contributed by atoms with Gasteiger partial charge in [-0.15, -0.1) is 11.3 Å². The quantitative estimate of drug-likeness (QED) is 0.180. The highest BCUT2D eigenvalue weighted by molar-refractivity contribution is 7.26. The molecule has 0 fully saturated rings. The van der Waals surface area contributed by atoms with Crippen molar-refractivity contribution in [2.24, 2.45) is 0 Å². The number of pyridine rings is 2. The molecule has 9 aromatic rings. The minimum atomic E-state index is -1.34. The first-order valence-corrected chi connectivity index (χ1v) is 17.0. The highest BCUT2D eigenvalue weighted by atomic mass is 32.1. The number of hydrogen-bond acceptors (Lipinski definition) is 4. The molecule has 0 bridgehead atoms. The normalized spacial score (nSPS) is 14.6. The molecule has 0 N–H and O–H groups in total. The Morgan fingerprint density at radius 2 is 1.44 bits per heavy atom. The van der Waals surface area contributed by atoms with Crippen molar-refractivity contribution in [3.8, 4) is 0 Å². The molecule has 4 aromatic heterocycles. The van der Waals surface area contributed by atoms with Crippen molar-refractivity contribution in [3.05, 3.63) is 156 Å². The number of anilines is 3. The van der Waals surface area contributed by atoms with Crippen molar-refractivity contribution >= 4 is 76.0 Å². The van der Waals surface area contributed by atoms with Gasteiger partial charge in [0.05, 0.1) is 16.9 Å².